The Morgan fingerprint density at radius 1 is 0.525 bits per heavy atom. The van der Waals surface area contributed by atoms with E-state index in [0.717, 1.165) is 71.7 Å². The average molecular weight is 788 g/mol. The van der Waals surface area contributed by atoms with Gasteiger partial charge in [-0.3, -0.25) is 9.59 Å². The van der Waals surface area contributed by atoms with Crippen LogP contribution in [-0.4, -0.2) is 19.4 Å². The molecule has 2 aliphatic carbocycles. The molecule has 1 aliphatic heterocycles. The van der Waals surface area contributed by atoms with E-state index in [1.807, 2.05) is 55.5 Å². The summed E-state index contributed by atoms with van der Waals surface area (Å²) in [5, 5.41) is 4.13. The molecular weight excluding hydrogens is 751 g/mol. The third-order valence-corrected chi connectivity index (χ3v) is 14.2. The number of imidazole rings is 1. The first-order valence-electron chi connectivity index (χ1n) is 20.9. The lowest BCUT2D eigenvalue weighted by Crippen LogP contribution is -2.43. The van der Waals surface area contributed by atoms with Crippen molar-refractivity contribution in [2.24, 2.45) is 5.41 Å². The van der Waals surface area contributed by atoms with Crippen molar-refractivity contribution in [1.82, 2.24) is 13.5 Å². The van der Waals surface area contributed by atoms with Gasteiger partial charge in [0, 0.05) is 32.5 Å². The maximum Gasteiger partial charge on any atom is 0.343 e. The standard InChI is InChI=1S/C55H37N3O3/c1-54(2)42-20-12-10-18-35(42)39-28-40-36-19-11-13-21-45(36)56(46(40)30-43(39)54)47-29-41-38-26-33(31-14-6-4-7-15-31)22-23-37(38)51(59)57-49(41)50-48(47)44-27-34(32-16-8-5-9-17-32)24-25-55(44,3)52(60)58(50)53(57)61/h4-24,26-30H,25H2,1-3H3. The quantitative estimate of drug-likeness (QED) is 0.168. The fourth-order valence-electron chi connectivity index (χ4n) is 11.1. The predicted octanol–water partition coefficient (Wildman–Crippen LogP) is 11.8. The zero-order valence-electron chi connectivity index (χ0n) is 33.8. The molecule has 0 saturated carbocycles. The smallest absolute Gasteiger partial charge is 0.309 e. The maximum atomic E-state index is 15.2. The summed E-state index contributed by atoms with van der Waals surface area (Å²) in [6, 6.07) is 50.4. The number of nitrogens with zero attached hydrogens (tertiary/aromatic N) is 3. The summed E-state index contributed by atoms with van der Waals surface area (Å²) in [5.41, 5.74) is 12.2. The van der Waals surface area contributed by atoms with Gasteiger partial charge in [-0.1, -0.05) is 129 Å². The molecule has 0 amide bonds. The normalized spacial score (nSPS) is 17.6. The van der Waals surface area contributed by atoms with Crippen LogP contribution in [0.4, 0.5) is 0 Å². The Morgan fingerprint density at radius 3 is 2.05 bits per heavy atom. The first-order chi connectivity index (χ1) is 29.6. The van der Waals surface area contributed by atoms with Crippen LogP contribution >= 0.6 is 0 Å². The molecule has 0 bridgehead atoms. The van der Waals surface area contributed by atoms with Crippen LogP contribution in [0, 0.1) is 5.41 Å². The minimum absolute atomic E-state index is 0.247. The molecule has 3 aliphatic rings. The number of para-hydroxylation sites is 1. The first kappa shape index (κ1) is 34.3. The van der Waals surface area contributed by atoms with Gasteiger partial charge in [0.1, 0.15) is 0 Å². The van der Waals surface area contributed by atoms with Crippen molar-refractivity contribution in [3.05, 3.63) is 201 Å². The highest BCUT2D eigenvalue weighted by Crippen LogP contribution is 2.55. The second kappa shape index (κ2) is 11.6. The van der Waals surface area contributed by atoms with Gasteiger partial charge in [0.2, 0.25) is 5.91 Å². The van der Waals surface area contributed by atoms with Gasteiger partial charge in [0.05, 0.1) is 33.2 Å². The zero-order valence-corrected chi connectivity index (χ0v) is 33.8. The number of fused-ring (bicyclic) bond motifs is 10. The SMILES string of the molecule is CC12CC=C(c3ccccc3)C=C1c1c(-n3c4ccccc4c4cc5c(cc43)C(C)(C)c3ccccc3-5)cc3c4cc(-c5ccccc5)ccc4c(=O)n4c(=O)n(c1c34)C2=O. The van der Waals surface area contributed by atoms with Crippen molar-refractivity contribution in [1.29, 1.82) is 0 Å². The maximum absolute atomic E-state index is 15.2. The molecule has 0 fully saturated rings. The van der Waals surface area contributed by atoms with Crippen LogP contribution in [0.15, 0.2) is 167 Å². The highest BCUT2D eigenvalue weighted by molar-refractivity contribution is 6.22. The van der Waals surface area contributed by atoms with E-state index in [0.29, 0.717) is 22.8 Å². The second-order valence-corrected chi connectivity index (χ2v) is 17.8. The third-order valence-electron chi connectivity index (χ3n) is 14.2. The molecule has 6 nitrogen and oxygen atoms in total. The number of hydrogen-bond acceptors (Lipinski definition) is 3. The number of pyridine rings is 1. The van der Waals surface area contributed by atoms with Gasteiger partial charge < -0.3 is 4.57 Å². The molecule has 0 N–H and O–H groups in total. The number of carbonyl (C=O) groups excluding carboxylic acids is 1. The summed E-state index contributed by atoms with van der Waals surface area (Å²) in [5.74, 6) is -0.324. The van der Waals surface area contributed by atoms with E-state index in [1.54, 1.807) is 0 Å². The molecule has 3 aromatic heterocycles. The van der Waals surface area contributed by atoms with Gasteiger partial charge in [-0.2, -0.15) is 0 Å². The van der Waals surface area contributed by atoms with Gasteiger partial charge in [-0.15, -0.1) is 0 Å². The summed E-state index contributed by atoms with van der Waals surface area (Å²) < 4.78 is 4.94. The first-order valence-corrected chi connectivity index (χ1v) is 20.9. The Labute approximate surface area is 349 Å². The average Bonchev–Trinajstić information content (AvgIpc) is 3.87. The summed E-state index contributed by atoms with van der Waals surface area (Å²) in [7, 11) is 0. The highest BCUT2D eigenvalue weighted by atomic mass is 16.2. The molecule has 61 heavy (non-hydrogen) atoms. The van der Waals surface area contributed by atoms with E-state index in [4.69, 9.17) is 0 Å². The van der Waals surface area contributed by atoms with E-state index in [-0.39, 0.29) is 11.3 Å². The van der Waals surface area contributed by atoms with Crippen molar-refractivity contribution in [2.75, 3.05) is 0 Å². The van der Waals surface area contributed by atoms with Gasteiger partial charge in [0.25, 0.3) is 5.56 Å². The van der Waals surface area contributed by atoms with E-state index in [2.05, 4.69) is 128 Å². The van der Waals surface area contributed by atoms with E-state index < -0.39 is 16.7 Å². The van der Waals surface area contributed by atoms with E-state index in [9.17, 15) is 9.59 Å². The van der Waals surface area contributed by atoms with Gasteiger partial charge in [-0.05, 0) is 111 Å². The number of hydrogen-bond donors (Lipinski definition) is 0. The second-order valence-electron chi connectivity index (χ2n) is 17.8. The number of benzene rings is 7. The largest absolute Gasteiger partial charge is 0.343 e. The summed E-state index contributed by atoms with van der Waals surface area (Å²) in [6.45, 7) is 6.56. The molecule has 13 rings (SSSR count). The number of carbonyl (C=O) groups is 1. The fourth-order valence-corrected chi connectivity index (χ4v) is 11.1. The molecule has 290 valence electrons. The predicted molar refractivity (Wildman–Crippen MR) is 247 cm³/mol. The Morgan fingerprint density at radius 2 is 1.25 bits per heavy atom. The molecule has 6 heteroatoms. The summed E-state index contributed by atoms with van der Waals surface area (Å²) in [6.07, 6.45) is 4.66. The number of rotatable bonds is 3. The molecule has 4 heterocycles. The Hall–Kier alpha value is -7.57. The van der Waals surface area contributed by atoms with Gasteiger partial charge in [-0.25, -0.2) is 13.8 Å². The topological polar surface area (TPSA) is 65.5 Å². The Bertz CT molecular complexity index is 3820. The van der Waals surface area contributed by atoms with Crippen molar-refractivity contribution >= 4 is 66.1 Å². The lowest BCUT2D eigenvalue weighted by molar-refractivity contribution is 0.0786. The van der Waals surface area contributed by atoms with Crippen LogP contribution in [0.25, 0.3) is 88.1 Å². The van der Waals surface area contributed by atoms with Gasteiger partial charge in [0.15, 0.2) is 0 Å². The van der Waals surface area contributed by atoms with Crippen molar-refractivity contribution in [3.8, 4) is 27.9 Å². The highest BCUT2D eigenvalue weighted by Gasteiger charge is 2.48. The van der Waals surface area contributed by atoms with E-state index >= 15 is 4.79 Å². The molecule has 7 aromatic carbocycles. The minimum Gasteiger partial charge on any atom is -0.309 e. The lowest BCUT2D eigenvalue weighted by atomic mass is 9.68. The lowest BCUT2D eigenvalue weighted by Gasteiger charge is -2.38. The van der Waals surface area contributed by atoms with Crippen LogP contribution in [0.5, 0.6) is 0 Å². The van der Waals surface area contributed by atoms with Crippen LogP contribution in [0.1, 0.15) is 54.2 Å². The minimum atomic E-state index is -1.08. The Balaban J connectivity index is 1.24. The molecule has 1 atom stereocenters. The van der Waals surface area contributed by atoms with Crippen LogP contribution in [-0.2, 0) is 5.41 Å². The zero-order chi connectivity index (χ0) is 41.1. The molecule has 10 aromatic rings. The van der Waals surface area contributed by atoms with E-state index in [1.165, 1.54) is 31.2 Å². The Kier molecular flexibility index (Phi) is 6.51. The summed E-state index contributed by atoms with van der Waals surface area (Å²) >= 11 is 0. The fraction of sp³-hybridized carbons (Fsp3) is 0.109. The van der Waals surface area contributed by atoms with Crippen molar-refractivity contribution in [2.45, 2.75) is 32.6 Å². The third kappa shape index (κ3) is 4.24. The van der Waals surface area contributed by atoms with Crippen LogP contribution in [0.3, 0.4) is 0 Å². The molecular formula is C55H37N3O3. The summed E-state index contributed by atoms with van der Waals surface area (Å²) in [4.78, 5) is 44.8. The molecule has 0 spiro atoms. The monoisotopic (exact) mass is 787 g/mol. The number of aromatic nitrogens is 3. The molecule has 0 radical (unpaired) electrons. The van der Waals surface area contributed by atoms with Crippen LogP contribution in [0.2, 0.25) is 0 Å². The van der Waals surface area contributed by atoms with Crippen molar-refractivity contribution < 1.29 is 4.79 Å². The number of allylic oxidation sites excluding steroid dienone is 4. The molecule has 1 unspecified atom stereocenters. The molecule has 0 saturated heterocycles. The van der Waals surface area contributed by atoms with Crippen LogP contribution < -0.4 is 11.2 Å². The van der Waals surface area contributed by atoms with Crippen molar-refractivity contribution in [3.63, 3.8) is 0 Å². The van der Waals surface area contributed by atoms with Gasteiger partial charge >= 0.3 is 5.69 Å².